The molecule has 0 spiro atoms. The SMILES string of the molecule is CCCCC(CCc1ccccc1)C(=O)NC. The summed E-state index contributed by atoms with van der Waals surface area (Å²) < 4.78 is 0. The summed E-state index contributed by atoms with van der Waals surface area (Å²) in [6.07, 6.45) is 5.22. The molecule has 0 saturated carbocycles. The van der Waals surface area contributed by atoms with Gasteiger partial charge in [0.25, 0.3) is 0 Å². The first-order chi connectivity index (χ1) is 8.27. The van der Waals surface area contributed by atoms with Crippen LogP contribution in [0.3, 0.4) is 0 Å². The van der Waals surface area contributed by atoms with Crippen molar-refractivity contribution in [3.63, 3.8) is 0 Å². The van der Waals surface area contributed by atoms with Crippen LogP contribution in [0, 0.1) is 5.92 Å². The first-order valence-corrected chi connectivity index (χ1v) is 6.53. The van der Waals surface area contributed by atoms with E-state index in [-0.39, 0.29) is 11.8 Å². The van der Waals surface area contributed by atoms with Crippen LogP contribution in [-0.2, 0) is 11.2 Å². The molecule has 1 N–H and O–H groups in total. The Morgan fingerprint density at radius 1 is 1.24 bits per heavy atom. The lowest BCUT2D eigenvalue weighted by atomic mass is 9.94. The Morgan fingerprint density at radius 2 is 1.94 bits per heavy atom. The summed E-state index contributed by atoms with van der Waals surface area (Å²) in [6, 6.07) is 10.4. The highest BCUT2D eigenvalue weighted by molar-refractivity contribution is 5.78. The average Bonchev–Trinajstić information content (AvgIpc) is 2.39. The Labute approximate surface area is 104 Å². The number of carbonyl (C=O) groups excluding carboxylic acids is 1. The van der Waals surface area contributed by atoms with Crippen LogP contribution in [0.5, 0.6) is 0 Å². The smallest absolute Gasteiger partial charge is 0.222 e. The second-order valence-electron chi connectivity index (χ2n) is 4.48. The fourth-order valence-corrected chi connectivity index (χ4v) is 2.05. The molecule has 2 heteroatoms. The number of hydrogen-bond acceptors (Lipinski definition) is 1. The summed E-state index contributed by atoms with van der Waals surface area (Å²) >= 11 is 0. The first kappa shape index (κ1) is 13.8. The quantitative estimate of drug-likeness (QED) is 0.770. The summed E-state index contributed by atoms with van der Waals surface area (Å²) in [4.78, 5) is 11.7. The van der Waals surface area contributed by atoms with E-state index in [0.717, 1.165) is 32.1 Å². The molecule has 1 aromatic rings. The number of amides is 1. The molecule has 0 radical (unpaired) electrons. The lowest BCUT2D eigenvalue weighted by molar-refractivity contribution is -0.124. The highest BCUT2D eigenvalue weighted by Gasteiger charge is 2.16. The number of hydrogen-bond donors (Lipinski definition) is 1. The third-order valence-corrected chi connectivity index (χ3v) is 3.15. The highest BCUT2D eigenvalue weighted by atomic mass is 16.1. The van der Waals surface area contributed by atoms with Crippen molar-refractivity contribution in [3.05, 3.63) is 35.9 Å². The fraction of sp³-hybridized carbons (Fsp3) is 0.533. The second kappa shape index (κ2) is 7.88. The molecule has 94 valence electrons. The third-order valence-electron chi connectivity index (χ3n) is 3.15. The fourth-order valence-electron chi connectivity index (χ4n) is 2.05. The van der Waals surface area contributed by atoms with Gasteiger partial charge in [-0.05, 0) is 24.8 Å². The molecule has 0 heterocycles. The zero-order valence-electron chi connectivity index (χ0n) is 10.9. The molecule has 0 fully saturated rings. The monoisotopic (exact) mass is 233 g/mol. The second-order valence-corrected chi connectivity index (χ2v) is 4.48. The number of nitrogens with one attached hydrogen (secondary N) is 1. The van der Waals surface area contributed by atoms with Crippen molar-refractivity contribution in [2.45, 2.75) is 39.0 Å². The average molecular weight is 233 g/mol. The molecule has 1 atom stereocenters. The number of unbranched alkanes of at least 4 members (excludes halogenated alkanes) is 1. The van der Waals surface area contributed by atoms with E-state index in [2.05, 4.69) is 36.5 Å². The van der Waals surface area contributed by atoms with Crippen LogP contribution in [0.1, 0.15) is 38.2 Å². The van der Waals surface area contributed by atoms with Crippen LogP contribution < -0.4 is 5.32 Å². The van der Waals surface area contributed by atoms with Gasteiger partial charge in [-0.1, -0.05) is 50.1 Å². The highest BCUT2D eigenvalue weighted by Crippen LogP contribution is 2.16. The van der Waals surface area contributed by atoms with Gasteiger partial charge in [-0.25, -0.2) is 0 Å². The van der Waals surface area contributed by atoms with Gasteiger partial charge in [0.2, 0.25) is 5.91 Å². The third kappa shape index (κ3) is 5.03. The van der Waals surface area contributed by atoms with E-state index >= 15 is 0 Å². The van der Waals surface area contributed by atoms with Crippen molar-refractivity contribution >= 4 is 5.91 Å². The normalized spacial score (nSPS) is 12.1. The predicted molar refractivity (Wildman–Crippen MR) is 71.8 cm³/mol. The van der Waals surface area contributed by atoms with Crippen LogP contribution in [-0.4, -0.2) is 13.0 Å². The number of carbonyl (C=O) groups is 1. The van der Waals surface area contributed by atoms with Crippen LogP contribution in [0.4, 0.5) is 0 Å². The molecule has 1 aromatic carbocycles. The molecule has 0 bridgehead atoms. The lowest BCUT2D eigenvalue weighted by Crippen LogP contribution is -2.27. The van der Waals surface area contributed by atoms with Crippen molar-refractivity contribution in [2.24, 2.45) is 5.92 Å². The van der Waals surface area contributed by atoms with Crippen LogP contribution in [0.2, 0.25) is 0 Å². The Balaban J connectivity index is 2.46. The van der Waals surface area contributed by atoms with Gasteiger partial charge in [0.05, 0.1) is 0 Å². The van der Waals surface area contributed by atoms with Gasteiger partial charge < -0.3 is 5.32 Å². The Kier molecular flexibility index (Phi) is 6.38. The topological polar surface area (TPSA) is 29.1 Å². The predicted octanol–water partition coefficient (Wildman–Crippen LogP) is 3.17. The molecule has 17 heavy (non-hydrogen) atoms. The Morgan fingerprint density at radius 3 is 2.53 bits per heavy atom. The van der Waals surface area contributed by atoms with E-state index in [1.165, 1.54) is 5.56 Å². The van der Waals surface area contributed by atoms with Crippen molar-refractivity contribution in [1.29, 1.82) is 0 Å². The summed E-state index contributed by atoms with van der Waals surface area (Å²) in [5.74, 6) is 0.356. The molecule has 1 amide bonds. The Bertz CT molecular complexity index is 321. The summed E-state index contributed by atoms with van der Waals surface area (Å²) in [6.45, 7) is 2.16. The Hall–Kier alpha value is -1.31. The maximum Gasteiger partial charge on any atom is 0.222 e. The summed E-state index contributed by atoms with van der Waals surface area (Å²) in [7, 11) is 1.73. The number of benzene rings is 1. The van der Waals surface area contributed by atoms with Crippen LogP contribution in [0.15, 0.2) is 30.3 Å². The van der Waals surface area contributed by atoms with Gasteiger partial charge in [-0.15, -0.1) is 0 Å². The molecular formula is C15H23NO. The van der Waals surface area contributed by atoms with Crippen molar-refractivity contribution < 1.29 is 4.79 Å². The van der Waals surface area contributed by atoms with Crippen molar-refractivity contribution in [1.82, 2.24) is 5.32 Å². The van der Waals surface area contributed by atoms with Gasteiger partial charge >= 0.3 is 0 Å². The van der Waals surface area contributed by atoms with E-state index < -0.39 is 0 Å². The largest absolute Gasteiger partial charge is 0.359 e. The van der Waals surface area contributed by atoms with Crippen LogP contribution >= 0.6 is 0 Å². The zero-order chi connectivity index (χ0) is 12.5. The van der Waals surface area contributed by atoms with Gasteiger partial charge in [-0.2, -0.15) is 0 Å². The van der Waals surface area contributed by atoms with E-state index in [1.807, 2.05) is 6.07 Å². The molecule has 0 saturated heterocycles. The van der Waals surface area contributed by atoms with Crippen molar-refractivity contribution in [2.75, 3.05) is 7.05 Å². The summed E-state index contributed by atoms with van der Waals surface area (Å²) in [5.41, 5.74) is 1.32. The van der Waals surface area contributed by atoms with Gasteiger partial charge in [0.15, 0.2) is 0 Å². The number of aryl methyl sites for hydroxylation is 1. The minimum absolute atomic E-state index is 0.167. The molecular weight excluding hydrogens is 210 g/mol. The van der Waals surface area contributed by atoms with E-state index in [1.54, 1.807) is 7.05 Å². The summed E-state index contributed by atoms with van der Waals surface area (Å²) in [5, 5.41) is 2.77. The molecule has 0 aliphatic rings. The molecule has 2 nitrogen and oxygen atoms in total. The van der Waals surface area contributed by atoms with E-state index in [0.29, 0.717) is 0 Å². The standard InChI is InChI=1S/C15H23NO/c1-3-4-10-14(15(17)16-2)12-11-13-8-6-5-7-9-13/h5-9,14H,3-4,10-12H2,1-2H3,(H,16,17). The number of rotatable bonds is 7. The van der Waals surface area contributed by atoms with E-state index in [9.17, 15) is 4.79 Å². The minimum atomic E-state index is 0.167. The zero-order valence-corrected chi connectivity index (χ0v) is 10.9. The molecule has 0 aromatic heterocycles. The molecule has 1 rings (SSSR count). The molecule has 0 aliphatic heterocycles. The maximum atomic E-state index is 11.7. The minimum Gasteiger partial charge on any atom is -0.359 e. The van der Waals surface area contributed by atoms with Gasteiger partial charge in [0, 0.05) is 13.0 Å². The molecule has 1 unspecified atom stereocenters. The van der Waals surface area contributed by atoms with Crippen molar-refractivity contribution in [3.8, 4) is 0 Å². The molecule has 0 aliphatic carbocycles. The van der Waals surface area contributed by atoms with Gasteiger partial charge in [0.1, 0.15) is 0 Å². The first-order valence-electron chi connectivity index (χ1n) is 6.53. The lowest BCUT2D eigenvalue weighted by Gasteiger charge is -2.14. The maximum absolute atomic E-state index is 11.7. The van der Waals surface area contributed by atoms with E-state index in [4.69, 9.17) is 0 Å². The van der Waals surface area contributed by atoms with Gasteiger partial charge in [-0.3, -0.25) is 4.79 Å². The van der Waals surface area contributed by atoms with Crippen LogP contribution in [0.25, 0.3) is 0 Å².